The number of aliphatic carboxylic acids is 1. The largest absolute Gasteiger partial charge is 0.481 e. The molecule has 1 atom stereocenters. The number of carboxylic acid groups (broad SMARTS) is 1. The number of anilines is 1. The molecule has 0 fully saturated rings. The summed E-state index contributed by atoms with van der Waals surface area (Å²) in [5.41, 5.74) is 0.702. The van der Waals surface area contributed by atoms with E-state index in [1.807, 2.05) is 42.5 Å². The smallest absolute Gasteiger partial charge is 0.308 e. The van der Waals surface area contributed by atoms with Crippen LogP contribution in [0.25, 0.3) is 10.8 Å². The molecule has 2 aromatic carbocycles. The average molecular weight is 301 g/mol. The summed E-state index contributed by atoms with van der Waals surface area (Å²) >= 11 is 0. The van der Waals surface area contributed by atoms with E-state index in [-0.39, 0.29) is 19.1 Å². The summed E-state index contributed by atoms with van der Waals surface area (Å²) in [6.45, 7) is 1.60. The van der Waals surface area contributed by atoms with Crippen LogP contribution in [-0.4, -0.2) is 37.2 Å². The van der Waals surface area contributed by atoms with Gasteiger partial charge in [0.25, 0.3) is 5.91 Å². The van der Waals surface area contributed by atoms with E-state index in [0.29, 0.717) is 5.69 Å². The van der Waals surface area contributed by atoms with Crippen molar-refractivity contribution in [3.8, 4) is 0 Å². The summed E-state index contributed by atoms with van der Waals surface area (Å²) < 4.78 is 4.92. The topological polar surface area (TPSA) is 66.8 Å². The van der Waals surface area contributed by atoms with E-state index in [0.717, 1.165) is 10.8 Å². The fourth-order valence-corrected chi connectivity index (χ4v) is 2.33. The molecule has 1 amide bonds. The SMILES string of the molecule is COCC(=O)N(CC(C)C(=O)O)c1cccc2ccccc12. The highest BCUT2D eigenvalue weighted by Gasteiger charge is 2.23. The third-order valence-corrected chi connectivity index (χ3v) is 3.50. The van der Waals surface area contributed by atoms with Gasteiger partial charge in [-0.3, -0.25) is 9.59 Å². The van der Waals surface area contributed by atoms with E-state index >= 15 is 0 Å². The minimum atomic E-state index is -0.935. The first-order valence-electron chi connectivity index (χ1n) is 7.04. The molecule has 0 radical (unpaired) electrons. The third kappa shape index (κ3) is 3.43. The lowest BCUT2D eigenvalue weighted by Gasteiger charge is -2.25. The number of hydrogen-bond acceptors (Lipinski definition) is 3. The number of benzene rings is 2. The zero-order chi connectivity index (χ0) is 16.1. The fourth-order valence-electron chi connectivity index (χ4n) is 2.33. The molecule has 2 rings (SSSR count). The standard InChI is InChI=1S/C17H19NO4/c1-12(17(20)21)10-18(16(19)11-22-2)15-9-5-7-13-6-3-4-8-14(13)15/h3-9,12H,10-11H2,1-2H3,(H,20,21). The van der Waals surface area contributed by atoms with Gasteiger partial charge in [0.15, 0.2) is 0 Å². The number of fused-ring (bicyclic) bond motifs is 1. The van der Waals surface area contributed by atoms with E-state index < -0.39 is 11.9 Å². The van der Waals surface area contributed by atoms with Crippen LogP contribution in [0.3, 0.4) is 0 Å². The molecule has 0 heterocycles. The van der Waals surface area contributed by atoms with Gasteiger partial charge in [-0.05, 0) is 11.5 Å². The van der Waals surface area contributed by atoms with Gasteiger partial charge >= 0.3 is 5.97 Å². The molecule has 1 N–H and O–H groups in total. The lowest BCUT2D eigenvalue weighted by Crippen LogP contribution is -2.39. The number of methoxy groups -OCH3 is 1. The molecular formula is C17H19NO4. The van der Waals surface area contributed by atoms with Gasteiger partial charge in [-0.25, -0.2) is 0 Å². The summed E-state index contributed by atoms with van der Waals surface area (Å²) in [5.74, 6) is -1.86. The second-order valence-corrected chi connectivity index (χ2v) is 5.17. The Labute approximate surface area is 129 Å². The molecular weight excluding hydrogens is 282 g/mol. The van der Waals surface area contributed by atoms with Crippen LogP contribution in [-0.2, 0) is 14.3 Å². The summed E-state index contributed by atoms with van der Waals surface area (Å²) in [6.07, 6.45) is 0. The molecule has 0 aliphatic carbocycles. The Balaban J connectivity index is 2.46. The molecule has 0 aliphatic heterocycles. The summed E-state index contributed by atoms with van der Waals surface area (Å²) in [4.78, 5) is 25.0. The Morgan fingerprint density at radius 1 is 1.18 bits per heavy atom. The Bertz CT molecular complexity index is 678. The number of nitrogens with zero attached hydrogens (tertiary/aromatic N) is 1. The van der Waals surface area contributed by atoms with Gasteiger partial charge in [0.2, 0.25) is 0 Å². The van der Waals surface area contributed by atoms with Crippen molar-refractivity contribution in [2.45, 2.75) is 6.92 Å². The van der Waals surface area contributed by atoms with Gasteiger partial charge in [0, 0.05) is 19.0 Å². The molecule has 5 heteroatoms. The van der Waals surface area contributed by atoms with Crippen molar-refractivity contribution in [3.05, 3.63) is 42.5 Å². The van der Waals surface area contributed by atoms with Crippen molar-refractivity contribution in [3.63, 3.8) is 0 Å². The Morgan fingerprint density at radius 3 is 2.55 bits per heavy atom. The first-order chi connectivity index (χ1) is 10.5. The first-order valence-corrected chi connectivity index (χ1v) is 7.04. The molecule has 1 unspecified atom stereocenters. The van der Waals surface area contributed by atoms with E-state index in [9.17, 15) is 9.59 Å². The number of carbonyl (C=O) groups is 2. The number of carbonyl (C=O) groups excluding carboxylic acids is 1. The summed E-state index contributed by atoms with van der Waals surface area (Å²) in [5, 5.41) is 11.0. The molecule has 116 valence electrons. The van der Waals surface area contributed by atoms with Crippen molar-refractivity contribution in [1.29, 1.82) is 0 Å². The molecule has 0 saturated heterocycles. The zero-order valence-electron chi connectivity index (χ0n) is 12.7. The molecule has 0 spiro atoms. The number of amides is 1. The molecule has 22 heavy (non-hydrogen) atoms. The van der Waals surface area contributed by atoms with Gasteiger partial charge in [0.1, 0.15) is 6.61 Å². The Kier molecular flexibility index (Phi) is 5.12. The lowest BCUT2D eigenvalue weighted by molar-refractivity contribution is -0.140. The molecule has 0 bridgehead atoms. The maximum Gasteiger partial charge on any atom is 0.308 e. The average Bonchev–Trinajstić information content (AvgIpc) is 2.52. The van der Waals surface area contributed by atoms with Crippen molar-refractivity contribution in [2.24, 2.45) is 5.92 Å². The molecule has 5 nitrogen and oxygen atoms in total. The fraction of sp³-hybridized carbons (Fsp3) is 0.294. The Morgan fingerprint density at radius 2 is 1.86 bits per heavy atom. The normalized spacial score (nSPS) is 12.1. The van der Waals surface area contributed by atoms with Gasteiger partial charge in [-0.2, -0.15) is 0 Å². The van der Waals surface area contributed by atoms with Crippen molar-refractivity contribution in [1.82, 2.24) is 0 Å². The second kappa shape index (κ2) is 7.04. The maximum absolute atomic E-state index is 12.4. The van der Waals surface area contributed by atoms with Gasteiger partial charge < -0.3 is 14.7 Å². The molecule has 0 aromatic heterocycles. The monoisotopic (exact) mass is 301 g/mol. The zero-order valence-corrected chi connectivity index (χ0v) is 12.7. The van der Waals surface area contributed by atoms with Crippen LogP contribution in [0, 0.1) is 5.92 Å². The third-order valence-electron chi connectivity index (χ3n) is 3.50. The maximum atomic E-state index is 12.4. The van der Waals surface area contributed by atoms with E-state index in [4.69, 9.17) is 9.84 Å². The van der Waals surface area contributed by atoms with Crippen LogP contribution in [0.2, 0.25) is 0 Å². The van der Waals surface area contributed by atoms with E-state index in [1.165, 1.54) is 12.0 Å². The van der Waals surface area contributed by atoms with Crippen LogP contribution < -0.4 is 4.90 Å². The first kappa shape index (κ1) is 16.0. The predicted molar refractivity (Wildman–Crippen MR) is 85.0 cm³/mol. The number of hydrogen-bond donors (Lipinski definition) is 1. The van der Waals surface area contributed by atoms with Crippen LogP contribution >= 0.6 is 0 Å². The number of rotatable bonds is 6. The van der Waals surface area contributed by atoms with Crippen LogP contribution in [0.15, 0.2) is 42.5 Å². The minimum Gasteiger partial charge on any atom is -0.481 e. The quantitative estimate of drug-likeness (QED) is 0.890. The van der Waals surface area contributed by atoms with Crippen molar-refractivity contribution in [2.75, 3.05) is 25.2 Å². The van der Waals surface area contributed by atoms with Gasteiger partial charge in [-0.15, -0.1) is 0 Å². The highest BCUT2D eigenvalue weighted by atomic mass is 16.5. The highest BCUT2D eigenvalue weighted by molar-refractivity contribution is 6.04. The summed E-state index contributed by atoms with van der Waals surface area (Å²) in [7, 11) is 1.44. The van der Waals surface area contributed by atoms with Crippen molar-refractivity contribution < 1.29 is 19.4 Å². The number of carboxylic acids is 1. The van der Waals surface area contributed by atoms with E-state index in [2.05, 4.69) is 0 Å². The van der Waals surface area contributed by atoms with Crippen molar-refractivity contribution >= 4 is 28.3 Å². The second-order valence-electron chi connectivity index (χ2n) is 5.17. The Hall–Kier alpha value is -2.40. The minimum absolute atomic E-state index is 0.0877. The predicted octanol–water partition coefficient (Wildman–Crippen LogP) is 2.54. The van der Waals surface area contributed by atoms with E-state index in [1.54, 1.807) is 6.92 Å². The highest BCUT2D eigenvalue weighted by Crippen LogP contribution is 2.27. The van der Waals surface area contributed by atoms with Gasteiger partial charge in [0.05, 0.1) is 11.6 Å². The van der Waals surface area contributed by atoms with Crippen LogP contribution in [0.1, 0.15) is 6.92 Å². The molecule has 0 saturated carbocycles. The van der Waals surface area contributed by atoms with Gasteiger partial charge in [-0.1, -0.05) is 43.3 Å². The molecule has 2 aromatic rings. The molecule has 0 aliphatic rings. The summed E-state index contributed by atoms with van der Waals surface area (Å²) in [6, 6.07) is 13.3. The van der Waals surface area contributed by atoms with Crippen LogP contribution in [0.5, 0.6) is 0 Å². The lowest BCUT2D eigenvalue weighted by atomic mass is 10.1. The van der Waals surface area contributed by atoms with Crippen LogP contribution in [0.4, 0.5) is 5.69 Å². The number of ether oxygens (including phenoxy) is 1.